The van der Waals surface area contributed by atoms with Crippen molar-refractivity contribution in [1.82, 2.24) is 19.0 Å². The Kier molecular flexibility index (Phi) is 6.00. The van der Waals surface area contributed by atoms with Crippen molar-refractivity contribution in [1.29, 1.82) is 0 Å². The van der Waals surface area contributed by atoms with Crippen LogP contribution in [0.3, 0.4) is 0 Å². The number of carbonyl (C=O) groups is 1. The molecule has 0 unspecified atom stereocenters. The molecule has 2 aromatic rings. The number of amides is 1. The van der Waals surface area contributed by atoms with Crippen molar-refractivity contribution >= 4 is 15.9 Å². The summed E-state index contributed by atoms with van der Waals surface area (Å²) in [5.74, 6) is -0.237. The van der Waals surface area contributed by atoms with Crippen molar-refractivity contribution in [2.75, 3.05) is 26.2 Å². The van der Waals surface area contributed by atoms with E-state index in [9.17, 15) is 18.3 Å². The average Bonchev–Trinajstić information content (AvgIpc) is 2.93. The summed E-state index contributed by atoms with van der Waals surface area (Å²) in [6.07, 6.45) is 0.999. The van der Waals surface area contributed by atoms with E-state index in [1.54, 1.807) is 17.9 Å². The molecular formula is C20H28N4O4S. The number of phenols is 1. The minimum Gasteiger partial charge on any atom is -0.507 e. The predicted octanol–water partition coefficient (Wildman–Crippen LogP) is 1.52. The average molecular weight is 421 g/mol. The molecule has 0 aliphatic carbocycles. The lowest BCUT2D eigenvalue weighted by atomic mass is 10.1. The van der Waals surface area contributed by atoms with Crippen LogP contribution >= 0.6 is 0 Å². The largest absolute Gasteiger partial charge is 0.507 e. The van der Waals surface area contributed by atoms with E-state index in [1.165, 1.54) is 16.4 Å². The van der Waals surface area contributed by atoms with E-state index in [1.807, 2.05) is 25.6 Å². The Morgan fingerprint density at radius 2 is 1.79 bits per heavy atom. The second kappa shape index (κ2) is 8.16. The number of sulfonamides is 1. The van der Waals surface area contributed by atoms with Gasteiger partial charge in [-0.3, -0.25) is 9.48 Å². The quantitative estimate of drug-likeness (QED) is 0.791. The molecule has 1 amide bonds. The van der Waals surface area contributed by atoms with Gasteiger partial charge in [0, 0.05) is 45.3 Å². The maximum Gasteiger partial charge on any atom is 0.246 e. The van der Waals surface area contributed by atoms with Gasteiger partial charge in [0.1, 0.15) is 10.6 Å². The molecule has 8 nitrogen and oxygen atoms in total. The molecule has 1 fully saturated rings. The van der Waals surface area contributed by atoms with Gasteiger partial charge >= 0.3 is 0 Å². The molecule has 1 saturated heterocycles. The molecule has 0 bridgehead atoms. The second-order valence-corrected chi connectivity index (χ2v) is 9.44. The maximum atomic E-state index is 12.9. The second-order valence-electron chi connectivity index (χ2n) is 7.53. The summed E-state index contributed by atoms with van der Waals surface area (Å²) < 4.78 is 28.9. The van der Waals surface area contributed by atoms with Gasteiger partial charge in [-0.2, -0.15) is 9.40 Å². The standard InChI is InChI=1S/C20H28N4O4S/c1-14-5-7-18(25)19(13-14)29(27,28)24-11-9-23(10-12-24)20(26)8-6-17-15(2)21-22(4)16(17)3/h5,7,13,25H,6,8-12H2,1-4H3. The van der Waals surface area contributed by atoms with Crippen LogP contribution in [0.15, 0.2) is 23.1 Å². The summed E-state index contributed by atoms with van der Waals surface area (Å²) in [4.78, 5) is 14.2. The summed E-state index contributed by atoms with van der Waals surface area (Å²) in [6, 6.07) is 4.53. The molecule has 158 valence electrons. The van der Waals surface area contributed by atoms with Crippen LogP contribution in [-0.2, 0) is 28.3 Å². The monoisotopic (exact) mass is 420 g/mol. The highest BCUT2D eigenvalue weighted by Crippen LogP contribution is 2.27. The van der Waals surface area contributed by atoms with Crippen LogP contribution in [0, 0.1) is 20.8 Å². The Morgan fingerprint density at radius 1 is 1.14 bits per heavy atom. The zero-order chi connectivity index (χ0) is 21.3. The van der Waals surface area contributed by atoms with Gasteiger partial charge < -0.3 is 10.0 Å². The molecule has 9 heteroatoms. The zero-order valence-corrected chi connectivity index (χ0v) is 18.2. The first-order valence-electron chi connectivity index (χ1n) is 9.68. The molecule has 0 radical (unpaired) electrons. The number of phenolic OH excluding ortho intramolecular Hbond substituents is 1. The molecule has 1 N–H and O–H groups in total. The predicted molar refractivity (Wildman–Crippen MR) is 109 cm³/mol. The first kappa shape index (κ1) is 21.3. The van der Waals surface area contributed by atoms with E-state index in [0.717, 1.165) is 22.5 Å². The maximum absolute atomic E-state index is 12.9. The number of aromatic hydroxyl groups is 1. The van der Waals surface area contributed by atoms with Gasteiger partial charge in [-0.15, -0.1) is 0 Å². The number of nitrogens with zero attached hydrogens (tertiary/aromatic N) is 4. The first-order valence-corrected chi connectivity index (χ1v) is 11.1. The molecule has 0 atom stereocenters. The highest BCUT2D eigenvalue weighted by Gasteiger charge is 2.31. The molecule has 1 aromatic heterocycles. The Morgan fingerprint density at radius 3 is 2.38 bits per heavy atom. The number of piperazine rings is 1. The Hall–Kier alpha value is -2.39. The van der Waals surface area contributed by atoms with Gasteiger partial charge in [0.05, 0.1) is 5.69 Å². The summed E-state index contributed by atoms with van der Waals surface area (Å²) >= 11 is 0. The van der Waals surface area contributed by atoms with Gasteiger partial charge in [0.15, 0.2) is 0 Å². The minimum atomic E-state index is -3.79. The van der Waals surface area contributed by atoms with Crippen LogP contribution in [0.1, 0.15) is 28.9 Å². The molecule has 3 rings (SSSR count). The van der Waals surface area contributed by atoms with Crippen molar-refractivity contribution in [3.05, 3.63) is 40.7 Å². The lowest BCUT2D eigenvalue weighted by Gasteiger charge is -2.34. The van der Waals surface area contributed by atoms with Crippen molar-refractivity contribution in [2.45, 2.75) is 38.5 Å². The Balaban J connectivity index is 1.61. The van der Waals surface area contributed by atoms with Crippen molar-refractivity contribution in [2.24, 2.45) is 7.05 Å². The minimum absolute atomic E-state index is 0.0168. The molecule has 2 heterocycles. The highest BCUT2D eigenvalue weighted by molar-refractivity contribution is 7.89. The van der Waals surface area contributed by atoms with E-state index in [0.29, 0.717) is 25.9 Å². The summed E-state index contributed by atoms with van der Waals surface area (Å²) in [5, 5.41) is 14.4. The number of carbonyl (C=O) groups excluding carboxylic acids is 1. The van der Waals surface area contributed by atoms with E-state index in [-0.39, 0.29) is 29.6 Å². The summed E-state index contributed by atoms with van der Waals surface area (Å²) in [7, 11) is -1.91. The van der Waals surface area contributed by atoms with E-state index >= 15 is 0 Å². The van der Waals surface area contributed by atoms with Crippen LogP contribution in [0.2, 0.25) is 0 Å². The number of hydrogen-bond donors (Lipinski definition) is 1. The Bertz CT molecular complexity index is 1020. The summed E-state index contributed by atoms with van der Waals surface area (Å²) in [6.45, 7) is 6.83. The van der Waals surface area contributed by atoms with E-state index in [2.05, 4.69) is 5.10 Å². The topological polar surface area (TPSA) is 95.7 Å². The summed E-state index contributed by atoms with van der Waals surface area (Å²) in [5.41, 5.74) is 3.85. The molecule has 1 aliphatic heterocycles. The van der Waals surface area contributed by atoms with Gasteiger partial charge in [-0.25, -0.2) is 8.42 Å². The zero-order valence-electron chi connectivity index (χ0n) is 17.3. The highest BCUT2D eigenvalue weighted by atomic mass is 32.2. The fraction of sp³-hybridized carbons (Fsp3) is 0.500. The SMILES string of the molecule is Cc1ccc(O)c(S(=O)(=O)N2CCN(C(=O)CCc3c(C)nn(C)c3C)CC2)c1. The molecule has 1 aliphatic rings. The lowest BCUT2D eigenvalue weighted by Crippen LogP contribution is -2.50. The molecular weight excluding hydrogens is 392 g/mol. The molecule has 1 aromatic carbocycles. The van der Waals surface area contributed by atoms with E-state index < -0.39 is 10.0 Å². The number of aromatic nitrogens is 2. The van der Waals surface area contributed by atoms with Crippen LogP contribution in [-0.4, -0.2) is 64.6 Å². The van der Waals surface area contributed by atoms with Gasteiger partial charge in [0.2, 0.25) is 15.9 Å². The van der Waals surface area contributed by atoms with Crippen LogP contribution in [0.25, 0.3) is 0 Å². The Labute approximate surface area is 171 Å². The van der Waals surface area contributed by atoms with Crippen molar-refractivity contribution in [3.63, 3.8) is 0 Å². The third-order valence-corrected chi connectivity index (χ3v) is 7.50. The third-order valence-electron chi connectivity index (χ3n) is 5.57. The van der Waals surface area contributed by atoms with Crippen LogP contribution < -0.4 is 0 Å². The number of benzene rings is 1. The lowest BCUT2D eigenvalue weighted by molar-refractivity contribution is -0.132. The normalized spacial score (nSPS) is 15.7. The van der Waals surface area contributed by atoms with Crippen LogP contribution in [0.5, 0.6) is 5.75 Å². The van der Waals surface area contributed by atoms with Crippen LogP contribution in [0.4, 0.5) is 0 Å². The first-order chi connectivity index (χ1) is 13.6. The number of rotatable bonds is 5. The van der Waals surface area contributed by atoms with Gasteiger partial charge in [-0.1, -0.05) is 6.07 Å². The number of hydrogen-bond acceptors (Lipinski definition) is 5. The van der Waals surface area contributed by atoms with E-state index in [4.69, 9.17) is 0 Å². The van der Waals surface area contributed by atoms with Gasteiger partial charge in [-0.05, 0) is 50.5 Å². The molecule has 0 spiro atoms. The van der Waals surface area contributed by atoms with Crippen molar-refractivity contribution in [3.8, 4) is 5.75 Å². The smallest absolute Gasteiger partial charge is 0.246 e. The number of aryl methyl sites for hydroxylation is 3. The third kappa shape index (κ3) is 4.30. The molecule has 0 saturated carbocycles. The van der Waals surface area contributed by atoms with Gasteiger partial charge in [0.25, 0.3) is 0 Å². The molecule has 29 heavy (non-hydrogen) atoms. The van der Waals surface area contributed by atoms with Crippen molar-refractivity contribution < 1.29 is 18.3 Å². The fourth-order valence-electron chi connectivity index (χ4n) is 3.71. The fourth-order valence-corrected chi connectivity index (χ4v) is 5.30.